The van der Waals surface area contributed by atoms with Gasteiger partial charge >= 0.3 is 0 Å². The van der Waals surface area contributed by atoms with Crippen molar-refractivity contribution < 1.29 is 17.9 Å². The van der Waals surface area contributed by atoms with E-state index in [0.29, 0.717) is 16.4 Å². The number of aryl methyl sites for hydroxylation is 1. The van der Waals surface area contributed by atoms with E-state index in [4.69, 9.17) is 4.74 Å². The number of rotatable bonds is 6. The minimum Gasteiger partial charge on any atom is -0.496 e. The number of sulfonamides is 1. The van der Waals surface area contributed by atoms with Crippen LogP contribution >= 0.6 is 11.3 Å². The van der Waals surface area contributed by atoms with E-state index < -0.39 is 15.9 Å². The predicted octanol–water partition coefficient (Wildman–Crippen LogP) is 3.94. The molecule has 158 valence electrons. The fraction of sp³-hybridized carbons (Fsp3) is 0.238. The van der Waals surface area contributed by atoms with Gasteiger partial charge in [0.1, 0.15) is 16.5 Å². The third-order valence-electron chi connectivity index (χ3n) is 4.74. The molecular formula is C21H23N3O4S2. The molecule has 3 aromatic rings. The Morgan fingerprint density at radius 1 is 1.17 bits per heavy atom. The monoisotopic (exact) mass is 445 g/mol. The summed E-state index contributed by atoms with van der Waals surface area (Å²) in [6.07, 6.45) is 0. The SMILES string of the molecule is COc1ccccc1-c1nc(C(=O)Nc2cc(S(=O)(=O)N(C)C)cc(C)c2C)cs1. The number of carbonyl (C=O) groups excluding carboxylic acids is 1. The molecular weight excluding hydrogens is 422 g/mol. The molecule has 0 aliphatic carbocycles. The number of nitrogens with zero attached hydrogens (tertiary/aromatic N) is 2. The quantitative estimate of drug-likeness (QED) is 0.621. The molecule has 1 heterocycles. The second kappa shape index (κ2) is 8.55. The number of amides is 1. The van der Waals surface area contributed by atoms with Gasteiger partial charge in [0.15, 0.2) is 0 Å². The summed E-state index contributed by atoms with van der Waals surface area (Å²) in [5.41, 5.74) is 3.05. The first kappa shape index (κ1) is 21.9. The number of para-hydroxylation sites is 1. The lowest BCUT2D eigenvalue weighted by atomic mass is 10.1. The molecule has 0 aliphatic rings. The van der Waals surface area contributed by atoms with Gasteiger partial charge in [-0.3, -0.25) is 4.79 Å². The smallest absolute Gasteiger partial charge is 0.275 e. The van der Waals surface area contributed by atoms with Crippen molar-refractivity contribution in [3.63, 3.8) is 0 Å². The number of benzene rings is 2. The summed E-state index contributed by atoms with van der Waals surface area (Å²) in [6, 6.07) is 10.5. The molecule has 1 aromatic heterocycles. The standard InChI is InChI=1S/C21H23N3O4S2/c1-13-10-15(30(26,27)24(3)4)11-17(14(13)2)22-20(25)18-12-29-21(23-18)16-8-6-7-9-19(16)28-5/h6-12H,1-5H3,(H,22,25). The molecule has 0 spiro atoms. The first-order valence-corrected chi connectivity index (χ1v) is 11.4. The summed E-state index contributed by atoms with van der Waals surface area (Å²) in [5.74, 6) is 0.265. The molecule has 3 rings (SSSR count). The van der Waals surface area contributed by atoms with Crippen molar-refractivity contribution in [1.82, 2.24) is 9.29 Å². The van der Waals surface area contributed by atoms with Crippen LogP contribution in [0.15, 0.2) is 46.7 Å². The Morgan fingerprint density at radius 3 is 2.53 bits per heavy atom. The predicted molar refractivity (Wildman–Crippen MR) is 119 cm³/mol. The van der Waals surface area contributed by atoms with Gasteiger partial charge < -0.3 is 10.1 Å². The van der Waals surface area contributed by atoms with E-state index in [-0.39, 0.29) is 10.6 Å². The van der Waals surface area contributed by atoms with Gasteiger partial charge in [-0.05, 0) is 49.2 Å². The number of methoxy groups -OCH3 is 1. The van der Waals surface area contributed by atoms with Crippen molar-refractivity contribution in [2.24, 2.45) is 0 Å². The molecule has 1 N–H and O–H groups in total. The molecule has 2 aromatic carbocycles. The number of anilines is 1. The van der Waals surface area contributed by atoms with Crippen LogP contribution < -0.4 is 10.1 Å². The van der Waals surface area contributed by atoms with Crippen molar-refractivity contribution in [1.29, 1.82) is 0 Å². The molecule has 0 bridgehead atoms. The molecule has 7 nitrogen and oxygen atoms in total. The maximum Gasteiger partial charge on any atom is 0.275 e. The number of hydrogen-bond acceptors (Lipinski definition) is 6. The van der Waals surface area contributed by atoms with Crippen LogP contribution in [-0.2, 0) is 10.0 Å². The van der Waals surface area contributed by atoms with Gasteiger partial charge in [0.05, 0.1) is 17.6 Å². The van der Waals surface area contributed by atoms with Crippen LogP contribution in [0.1, 0.15) is 21.6 Å². The van der Waals surface area contributed by atoms with Crippen LogP contribution in [0.3, 0.4) is 0 Å². The van der Waals surface area contributed by atoms with Crippen molar-refractivity contribution >= 4 is 33.0 Å². The highest BCUT2D eigenvalue weighted by atomic mass is 32.2. The molecule has 1 amide bonds. The van der Waals surface area contributed by atoms with Gasteiger partial charge in [-0.25, -0.2) is 17.7 Å². The lowest BCUT2D eigenvalue weighted by Crippen LogP contribution is -2.23. The summed E-state index contributed by atoms with van der Waals surface area (Å²) < 4.78 is 31.5. The molecule has 0 saturated carbocycles. The fourth-order valence-electron chi connectivity index (χ4n) is 2.83. The van der Waals surface area contributed by atoms with Gasteiger partial charge in [-0.1, -0.05) is 12.1 Å². The minimum absolute atomic E-state index is 0.124. The van der Waals surface area contributed by atoms with E-state index in [9.17, 15) is 13.2 Å². The Balaban J connectivity index is 1.92. The third kappa shape index (κ3) is 4.23. The third-order valence-corrected chi connectivity index (χ3v) is 7.41. The first-order valence-electron chi connectivity index (χ1n) is 9.09. The Hall–Kier alpha value is -2.75. The zero-order valence-electron chi connectivity index (χ0n) is 17.4. The lowest BCUT2D eigenvalue weighted by molar-refractivity contribution is 0.102. The van der Waals surface area contributed by atoms with Crippen LogP contribution in [-0.4, -0.2) is 44.8 Å². The van der Waals surface area contributed by atoms with Crippen molar-refractivity contribution in [2.45, 2.75) is 18.7 Å². The molecule has 9 heteroatoms. The summed E-state index contributed by atoms with van der Waals surface area (Å²) in [5, 5.41) is 5.13. The number of carbonyl (C=O) groups is 1. The maximum absolute atomic E-state index is 12.8. The zero-order valence-corrected chi connectivity index (χ0v) is 19.0. The largest absolute Gasteiger partial charge is 0.496 e. The van der Waals surface area contributed by atoms with E-state index >= 15 is 0 Å². The number of thiazole rings is 1. The average molecular weight is 446 g/mol. The highest BCUT2D eigenvalue weighted by Gasteiger charge is 2.21. The highest BCUT2D eigenvalue weighted by Crippen LogP contribution is 2.32. The summed E-state index contributed by atoms with van der Waals surface area (Å²) in [7, 11) is 0.899. The van der Waals surface area contributed by atoms with E-state index in [2.05, 4.69) is 10.3 Å². The lowest BCUT2D eigenvalue weighted by Gasteiger charge is -2.16. The Morgan fingerprint density at radius 2 is 1.87 bits per heavy atom. The number of nitrogens with one attached hydrogen (secondary N) is 1. The highest BCUT2D eigenvalue weighted by molar-refractivity contribution is 7.89. The van der Waals surface area contributed by atoms with E-state index in [0.717, 1.165) is 21.0 Å². The molecule has 0 saturated heterocycles. The van der Waals surface area contributed by atoms with Gasteiger partial charge in [-0.15, -0.1) is 11.3 Å². The van der Waals surface area contributed by atoms with Gasteiger partial charge in [0.25, 0.3) is 5.91 Å². The van der Waals surface area contributed by atoms with E-state index in [1.807, 2.05) is 38.1 Å². The summed E-state index contributed by atoms with van der Waals surface area (Å²) in [4.78, 5) is 17.4. The van der Waals surface area contributed by atoms with Crippen molar-refractivity contribution in [3.8, 4) is 16.3 Å². The maximum atomic E-state index is 12.8. The Kier molecular flexibility index (Phi) is 6.25. The topological polar surface area (TPSA) is 88.6 Å². The van der Waals surface area contributed by atoms with E-state index in [1.54, 1.807) is 18.6 Å². The molecule has 0 atom stereocenters. The van der Waals surface area contributed by atoms with Crippen LogP contribution in [0.2, 0.25) is 0 Å². The van der Waals surface area contributed by atoms with Gasteiger partial charge in [-0.2, -0.15) is 0 Å². The normalized spacial score (nSPS) is 11.5. The molecule has 0 fully saturated rings. The summed E-state index contributed by atoms with van der Waals surface area (Å²) >= 11 is 1.34. The second-order valence-electron chi connectivity index (χ2n) is 6.89. The average Bonchev–Trinajstić information content (AvgIpc) is 3.21. The molecule has 0 radical (unpaired) electrons. The molecule has 0 aliphatic heterocycles. The minimum atomic E-state index is -3.62. The Labute approximate surface area is 180 Å². The number of hydrogen-bond donors (Lipinski definition) is 1. The number of aromatic nitrogens is 1. The van der Waals surface area contributed by atoms with Crippen molar-refractivity contribution in [3.05, 3.63) is 58.6 Å². The first-order chi connectivity index (χ1) is 14.1. The van der Waals surface area contributed by atoms with E-state index in [1.165, 1.54) is 31.5 Å². The van der Waals surface area contributed by atoms with Crippen LogP contribution in [0.4, 0.5) is 5.69 Å². The summed E-state index contributed by atoms with van der Waals surface area (Å²) in [6.45, 7) is 3.64. The fourth-order valence-corrected chi connectivity index (χ4v) is 4.67. The van der Waals surface area contributed by atoms with Crippen LogP contribution in [0, 0.1) is 13.8 Å². The van der Waals surface area contributed by atoms with Crippen molar-refractivity contribution in [2.75, 3.05) is 26.5 Å². The zero-order chi connectivity index (χ0) is 22.1. The Bertz CT molecular complexity index is 1200. The molecule has 30 heavy (non-hydrogen) atoms. The number of ether oxygens (including phenoxy) is 1. The molecule has 0 unspecified atom stereocenters. The second-order valence-corrected chi connectivity index (χ2v) is 9.90. The van der Waals surface area contributed by atoms with Gasteiger partial charge in [0.2, 0.25) is 10.0 Å². The van der Waals surface area contributed by atoms with Crippen LogP contribution in [0.5, 0.6) is 5.75 Å². The van der Waals surface area contributed by atoms with Gasteiger partial charge in [0, 0.05) is 25.2 Å². The van der Waals surface area contributed by atoms with Crippen LogP contribution in [0.25, 0.3) is 10.6 Å².